The van der Waals surface area contributed by atoms with Crippen molar-refractivity contribution in [1.29, 1.82) is 0 Å². The summed E-state index contributed by atoms with van der Waals surface area (Å²) in [7, 11) is 3.32. The molecule has 0 saturated heterocycles. The number of ether oxygens (including phenoxy) is 2. The van der Waals surface area contributed by atoms with Crippen LogP contribution in [0.1, 0.15) is 22.3 Å². The van der Waals surface area contributed by atoms with Gasteiger partial charge in [0.2, 0.25) is 5.91 Å². The van der Waals surface area contributed by atoms with Crippen LogP contribution in [0.15, 0.2) is 36.4 Å². The van der Waals surface area contributed by atoms with Crippen LogP contribution in [0.25, 0.3) is 0 Å². The van der Waals surface area contributed by atoms with E-state index in [1.54, 1.807) is 14.2 Å². The molecule has 0 aliphatic rings. The van der Waals surface area contributed by atoms with Crippen LogP contribution in [0.2, 0.25) is 0 Å². The molecule has 0 spiro atoms. The first kappa shape index (κ1) is 17.9. The summed E-state index contributed by atoms with van der Waals surface area (Å²) >= 11 is 0. The molecular weight excluding hydrogens is 302 g/mol. The van der Waals surface area contributed by atoms with Gasteiger partial charge in [-0.2, -0.15) is 0 Å². The highest BCUT2D eigenvalue weighted by atomic mass is 16.5. The van der Waals surface area contributed by atoms with E-state index in [4.69, 9.17) is 9.47 Å². The Bertz CT molecular complexity index is 710. The van der Waals surface area contributed by atoms with Crippen LogP contribution >= 0.6 is 0 Å². The quantitative estimate of drug-likeness (QED) is 0.849. The van der Waals surface area contributed by atoms with Gasteiger partial charge in [-0.1, -0.05) is 24.3 Å². The molecule has 4 heteroatoms. The third kappa shape index (κ3) is 4.75. The SMILES string of the molecule is COc1ccc(CCNC(=O)Cc2ccc(OC)c(C)c2)cc1C. The Balaban J connectivity index is 1.83. The maximum absolute atomic E-state index is 12.1. The van der Waals surface area contributed by atoms with E-state index < -0.39 is 0 Å². The molecule has 2 aromatic carbocycles. The minimum absolute atomic E-state index is 0.0322. The lowest BCUT2D eigenvalue weighted by Gasteiger charge is -2.09. The lowest BCUT2D eigenvalue weighted by atomic mass is 10.1. The number of carbonyl (C=O) groups is 1. The van der Waals surface area contributed by atoms with E-state index in [1.807, 2.05) is 44.2 Å². The van der Waals surface area contributed by atoms with E-state index in [0.29, 0.717) is 13.0 Å². The number of hydrogen-bond donors (Lipinski definition) is 1. The minimum atomic E-state index is 0.0322. The summed E-state index contributed by atoms with van der Waals surface area (Å²) in [5, 5.41) is 2.97. The van der Waals surface area contributed by atoms with Crippen molar-refractivity contribution in [3.8, 4) is 11.5 Å². The van der Waals surface area contributed by atoms with E-state index >= 15 is 0 Å². The van der Waals surface area contributed by atoms with Crippen molar-refractivity contribution in [3.05, 3.63) is 58.7 Å². The first-order valence-corrected chi connectivity index (χ1v) is 8.07. The molecule has 0 heterocycles. The topological polar surface area (TPSA) is 47.6 Å². The molecule has 0 aliphatic carbocycles. The second-order valence-electron chi connectivity index (χ2n) is 5.88. The molecular formula is C20H25NO3. The zero-order valence-electron chi connectivity index (χ0n) is 14.8. The average molecular weight is 327 g/mol. The number of methoxy groups -OCH3 is 2. The zero-order chi connectivity index (χ0) is 17.5. The lowest BCUT2D eigenvalue weighted by molar-refractivity contribution is -0.120. The van der Waals surface area contributed by atoms with Gasteiger partial charge < -0.3 is 14.8 Å². The molecule has 0 fully saturated rings. The maximum atomic E-state index is 12.1. The van der Waals surface area contributed by atoms with Gasteiger partial charge in [-0.05, 0) is 54.7 Å². The third-order valence-electron chi connectivity index (χ3n) is 4.02. The molecule has 24 heavy (non-hydrogen) atoms. The van der Waals surface area contributed by atoms with Crippen LogP contribution in [0.4, 0.5) is 0 Å². The van der Waals surface area contributed by atoms with Crippen molar-refractivity contribution in [3.63, 3.8) is 0 Å². The van der Waals surface area contributed by atoms with Gasteiger partial charge in [0.15, 0.2) is 0 Å². The molecule has 0 aliphatic heterocycles. The predicted molar refractivity (Wildman–Crippen MR) is 95.9 cm³/mol. The van der Waals surface area contributed by atoms with Crippen molar-refractivity contribution in [2.45, 2.75) is 26.7 Å². The Labute approximate surface area is 143 Å². The Morgan fingerprint density at radius 2 is 1.46 bits per heavy atom. The van der Waals surface area contributed by atoms with Crippen molar-refractivity contribution in [2.24, 2.45) is 0 Å². The standard InChI is InChI=1S/C20H25NO3/c1-14-11-16(5-7-18(14)23-3)9-10-21-20(22)13-17-6-8-19(24-4)15(2)12-17/h5-8,11-12H,9-10,13H2,1-4H3,(H,21,22). The molecule has 128 valence electrons. The van der Waals surface area contributed by atoms with E-state index in [1.165, 1.54) is 5.56 Å². The van der Waals surface area contributed by atoms with E-state index in [-0.39, 0.29) is 5.91 Å². The average Bonchev–Trinajstić information content (AvgIpc) is 2.55. The molecule has 1 N–H and O–H groups in total. The first-order chi connectivity index (χ1) is 11.5. The summed E-state index contributed by atoms with van der Waals surface area (Å²) in [4.78, 5) is 12.1. The number of nitrogens with one attached hydrogen (secondary N) is 1. The number of amides is 1. The van der Waals surface area contributed by atoms with Gasteiger partial charge in [0, 0.05) is 6.54 Å². The highest BCUT2D eigenvalue weighted by Crippen LogP contribution is 2.19. The highest BCUT2D eigenvalue weighted by Gasteiger charge is 2.06. The summed E-state index contributed by atoms with van der Waals surface area (Å²) in [6.45, 7) is 4.62. The van der Waals surface area contributed by atoms with Gasteiger partial charge in [-0.25, -0.2) is 0 Å². The summed E-state index contributed by atoms with van der Waals surface area (Å²) in [5.74, 6) is 1.76. The van der Waals surface area contributed by atoms with E-state index in [9.17, 15) is 4.79 Å². The zero-order valence-corrected chi connectivity index (χ0v) is 14.8. The molecule has 0 atom stereocenters. The number of carbonyl (C=O) groups excluding carboxylic acids is 1. The number of benzene rings is 2. The molecule has 4 nitrogen and oxygen atoms in total. The Morgan fingerprint density at radius 3 is 2.00 bits per heavy atom. The van der Waals surface area contributed by atoms with E-state index in [2.05, 4.69) is 11.4 Å². The maximum Gasteiger partial charge on any atom is 0.224 e. The summed E-state index contributed by atoms with van der Waals surface area (Å²) in [5.41, 5.74) is 4.33. The molecule has 0 saturated carbocycles. The Hall–Kier alpha value is -2.49. The van der Waals surface area contributed by atoms with Gasteiger partial charge in [0.05, 0.1) is 20.6 Å². The van der Waals surface area contributed by atoms with Crippen LogP contribution in [-0.4, -0.2) is 26.7 Å². The van der Waals surface area contributed by atoms with Crippen LogP contribution < -0.4 is 14.8 Å². The van der Waals surface area contributed by atoms with Crippen LogP contribution in [-0.2, 0) is 17.6 Å². The summed E-state index contributed by atoms with van der Waals surface area (Å²) < 4.78 is 10.5. The first-order valence-electron chi connectivity index (χ1n) is 8.07. The van der Waals surface area contributed by atoms with Gasteiger partial charge >= 0.3 is 0 Å². The molecule has 2 rings (SSSR count). The number of aryl methyl sites for hydroxylation is 2. The molecule has 0 unspecified atom stereocenters. The van der Waals surface area contributed by atoms with Crippen molar-refractivity contribution < 1.29 is 14.3 Å². The smallest absolute Gasteiger partial charge is 0.224 e. The second kappa shape index (κ2) is 8.39. The molecule has 0 aromatic heterocycles. The molecule has 0 bridgehead atoms. The van der Waals surface area contributed by atoms with Gasteiger partial charge in [0.1, 0.15) is 11.5 Å². The van der Waals surface area contributed by atoms with Gasteiger partial charge in [0.25, 0.3) is 0 Å². The number of rotatable bonds is 7. The van der Waals surface area contributed by atoms with Crippen molar-refractivity contribution in [1.82, 2.24) is 5.32 Å². The fraction of sp³-hybridized carbons (Fsp3) is 0.350. The fourth-order valence-electron chi connectivity index (χ4n) is 2.74. The summed E-state index contributed by atoms with van der Waals surface area (Å²) in [6.07, 6.45) is 1.19. The molecule has 0 radical (unpaired) electrons. The monoisotopic (exact) mass is 327 g/mol. The van der Waals surface area contributed by atoms with Gasteiger partial charge in [-0.3, -0.25) is 4.79 Å². The highest BCUT2D eigenvalue weighted by molar-refractivity contribution is 5.78. The largest absolute Gasteiger partial charge is 0.496 e. The summed E-state index contributed by atoms with van der Waals surface area (Å²) in [6, 6.07) is 11.9. The van der Waals surface area contributed by atoms with Gasteiger partial charge in [-0.15, -0.1) is 0 Å². The van der Waals surface area contributed by atoms with Crippen LogP contribution in [0.3, 0.4) is 0 Å². The normalized spacial score (nSPS) is 10.3. The Kier molecular flexibility index (Phi) is 6.24. The molecule has 2 aromatic rings. The Morgan fingerprint density at radius 1 is 0.917 bits per heavy atom. The second-order valence-corrected chi connectivity index (χ2v) is 5.88. The van der Waals surface area contributed by atoms with Crippen molar-refractivity contribution in [2.75, 3.05) is 20.8 Å². The molecule has 1 amide bonds. The van der Waals surface area contributed by atoms with Crippen molar-refractivity contribution >= 4 is 5.91 Å². The minimum Gasteiger partial charge on any atom is -0.496 e. The van der Waals surface area contributed by atoms with Crippen LogP contribution in [0, 0.1) is 13.8 Å². The predicted octanol–water partition coefficient (Wildman–Crippen LogP) is 3.22. The number of hydrogen-bond acceptors (Lipinski definition) is 3. The fourth-order valence-corrected chi connectivity index (χ4v) is 2.74. The lowest BCUT2D eigenvalue weighted by Crippen LogP contribution is -2.27. The van der Waals surface area contributed by atoms with Crippen LogP contribution in [0.5, 0.6) is 11.5 Å². The van der Waals surface area contributed by atoms with E-state index in [0.717, 1.165) is 34.6 Å². The third-order valence-corrected chi connectivity index (χ3v) is 4.02.